The predicted molar refractivity (Wildman–Crippen MR) is 87.7 cm³/mol. The summed E-state index contributed by atoms with van der Waals surface area (Å²) in [5.41, 5.74) is 2.63. The summed E-state index contributed by atoms with van der Waals surface area (Å²) in [7, 11) is 0. The highest BCUT2D eigenvalue weighted by molar-refractivity contribution is 5.47. The molecule has 3 heteroatoms. The lowest BCUT2D eigenvalue weighted by atomic mass is 10.2. The highest BCUT2D eigenvalue weighted by Crippen LogP contribution is 2.14. The number of hydrogen-bond donors (Lipinski definition) is 1. The highest BCUT2D eigenvalue weighted by Gasteiger charge is 2.02. The van der Waals surface area contributed by atoms with Gasteiger partial charge in [-0.15, -0.1) is 0 Å². The van der Waals surface area contributed by atoms with Crippen LogP contribution in [0.5, 0.6) is 0 Å². The smallest absolute Gasteiger partial charge is 0.0466 e. The van der Waals surface area contributed by atoms with Crippen molar-refractivity contribution >= 4 is 5.69 Å². The molecule has 114 valence electrons. The van der Waals surface area contributed by atoms with Gasteiger partial charge in [0.2, 0.25) is 0 Å². The van der Waals surface area contributed by atoms with Crippen LogP contribution in [0.3, 0.4) is 0 Å². The molecule has 20 heavy (non-hydrogen) atoms. The van der Waals surface area contributed by atoms with Gasteiger partial charge in [0.25, 0.3) is 0 Å². The van der Waals surface area contributed by atoms with Gasteiger partial charge in [-0.1, -0.05) is 17.7 Å². The molecule has 0 saturated heterocycles. The Morgan fingerprint density at radius 2 is 1.80 bits per heavy atom. The number of ether oxygens (including phenoxy) is 1. The average molecular weight is 278 g/mol. The molecule has 0 amide bonds. The predicted octanol–water partition coefficient (Wildman–Crippen LogP) is 3.23. The number of benzene rings is 1. The fraction of sp³-hybridized carbons (Fsp3) is 0.647. The van der Waals surface area contributed by atoms with Crippen LogP contribution in [0.2, 0.25) is 0 Å². The van der Waals surface area contributed by atoms with Crippen LogP contribution < -0.4 is 10.2 Å². The lowest BCUT2D eigenvalue weighted by molar-refractivity contribution is 0.143. The molecule has 0 saturated carbocycles. The molecule has 1 rings (SSSR count). The van der Waals surface area contributed by atoms with Crippen molar-refractivity contribution in [2.45, 2.75) is 33.6 Å². The Kier molecular flexibility index (Phi) is 9.09. The molecule has 0 aliphatic rings. The van der Waals surface area contributed by atoms with Crippen molar-refractivity contribution in [2.75, 3.05) is 44.3 Å². The summed E-state index contributed by atoms with van der Waals surface area (Å²) in [6.45, 7) is 12.3. The first-order valence-electron chi connectivity index (χ1n) is 7.88. The molecule has 1 aromatic carbocycles. The lowest BCUT2D eigenvalue weighted by Crippen LogP contribution is -2.32. The third kappa shape index (κ3) is 6.92. The van der Waals surface area contributed by atoms with Gasteiger partial charge in [0.1, 0.15) is 0 Å². The maximum Gasteiger partial charge on any atom is 0.0466 e. The summed E-state index contributed by atoms with van der Waals surface area (Å²) in [6.07, 6.45) is 2.34. The number of nitrogens with zero attached hydrogens (tertiary/aromatic N) is 1. The zero-order valence-electron chi connectivity index (χ0n) is 13.3. The zero-order valence-corrected chi connectivity index (χ0v) is 13.3. The Hall–Kier alpha value is -1.06. The van der Waals surface area contributed by atoms with Gasteiger partial charge in [-0.2, -0.15) is 0 Å². The maximum absolute atomic E-state index is 5.33. The first kappa shape index (κ1) is 17.0. The van der Waals surface area contributed by atoms with Crippen molar-refractivity contribution in [3.05, 3.63) is 29.8 Å². The molecular weight excluding hydrogens is 248 g/mol. The fourth-order valence-electron chi connectivity index (χ4n) is 2.16. The Labute approximate surface area is 124 Å². The van der Waals surface area contributed by atoms with Crippen molar-refractivity contribution in [3.8, 4) is 0 Å². The number of rotatable bonds is 11. The summed E-state index contributed by atoms with van der Waals surface area (Å²) in [4.78, 5) is 2.41. The molecule has 0 heterocycles. The van der Waals surface area contributed by atoms with E-state index in [4.69, 9.17) is 4.74 Å². The molecule has 0 fully saturated rings. The molecule has 0 radical (unpaired) electrons. The number of likely N-dealkylation sites (N-methyl/N-ethyl adjacent to an activating group) is 1. The van der Waals surface area contributed by atoms with E-state index in [2.05, 4.69) is 48.3 Å². The summed E-state index contributed by atoms with van der Waals surface area (Å²) in [5.74, 6) is 0. The largest absolute Gasteiger partial charge is 0.382 e. The van der Waals surface area contributed by atoms with E-state index in [1.807, 2.05) is 6.92 Å². The standard InChI is InChI=1S/C17H30N2O/c1-4-19(17-10-8-16(3)9-11-17)14-13-18-12-6-7-15-20-5-2/h8-11,18H,4-7,12-15H2,1-3H3. The van der Waals surface area contributed by atoms with E-state index in [0.29, 0.717) is 0 Å². The molecule has 3 nitrogen and oxygen atoms in total. The minimum atomic E-state index is 0.829. The van der Waals surface area contributed by atoms with Crippen molar-refractivity contribution in [3.63, 3.8) is 0 Å². The van der Waals surface area contributed by atoms with E-state index in [1.54, 1.807) is 0 Å². The van der Waals surface area contributed by atoms with Gasteiger partial charge in [0.05, 0.1) is 0 Å². The van der Waals surface area contributed by atoms with E-state index < -0.39 is 0 Å². The van der Waals surface area contributed by atoms with Crippen LogP contribution in [0.25, 0.3) is 0 Å². The van der Waals surface area contributed by atoms with Gasteiger partial charge >= 0.3 is 0 Å². The number of unbranched alkanes of at least 4 members (excludes halogenated alkanes) is 1. The molecule has 0 atom stereocenters. The van der Waals surface area contributed by atoms with Crippen molar-refractivity contribution in [1.29, 1.82) is 0 Å². The fourth-order valence-corrected chi connectivity index (χ4v) is 2.16. The Morgan fingerprint density at radius 1 is 1.05 bits per heavy atom. The van der Waals surface area contributed by atoms with E-state index in [0.717, 1.165) is 45.8 Å². The second-order valence-electron chi connectivity index (χ2n) is 5.07. The van der Waals surface area contributed by atoms with E-state index in [-0.39, 0.29) is 0 Å². The number of hydrogen-bond acceptors (Lipinski definition) is 3. The zero-order chi connectivity index (χ0) is 14.6. The summed E-state index contributed by atoms with van der Waals surface area (Å²) >= 11 is 0. The first-order chi connectivity index (χ1) is 9.77. The van der Waals surface area contributed by atoms with Gasteiger partial charge in [-0.3, -0.25) is 0 Å². The normalized spacial score (nSPS) is 10.8. The van der Waals surface area contributed by atoms with Crippen molar-refractivity contribution < 1.29 is 4.74 Å². The molecular formula is C17H30N2O. The van der Waals surface area contributed by atoms with Gasteiger partial charge in [0, 0.05) is 38.5 Å². The van der Waals surface area contributed by atoms with Crippen LogP contribution in [-0.4, -0.2) is 39.4 Å². The first-order valence-corrected chi connectivity index (χ1v) is 7.88. The summed E-state index contributed by atoms with van der Waals surface area (Å²) in [5, 5.41) is 3.51. The quantitative estimate of drug-likeness (QED) is 0.629. The van der Waals surface area contributed by atoms with Crippen LogP contribution in [0, 0.1) is 6.92 Å². The van der Waals surface area contributed by atoms with E-state index >= 15 is 0 Å². The highest BCUT2D eigenvalue weighted by atomic mass is 16.5. The van der Waals surface area contributed by atoms with E-state index in [9.17, 15) is 0 Å². The minimum absolute atomic E-state index is 0.829. The van der Waals surface area contributed by atoms with Crippen LogP contribution in [0.4, 0.5) is 5.69 Å². The van der Waals surface area contributed by atoms with Gasteiger partial charge in [-0.25, -0.2) is 0 Å². The molecule has 1 N–H and O–H groups in total. The van der Waals surface area contributed by atoms with E-state index in [1.165, 1.54) is 17.7 Å². The van der Waals surface area contributed by atoms with Gasteiger partial charge < -0.3 is 15.0 Å². The molecule has 0 spiro atoms. The number of nitrogens with one attached hydrogen (secondary N) is 1. The Morgan fingerprint density at radius 3 is 2.45 bits per heavy atom. The third-order valence-electron chi connectivity index (χ3n) is 3.44. The van der Waals surface area contributed by atoms with Crippen LogP contribution in [0.1, 0.15) is 32.3 Å². The van der Waals surface area contributed by atoms with Crippen LogP contribution in [0.15, 0.2) is 24.3 Å². The number of aryl methyl sites for hydroxylation is 1. The van der Waals surface area contributed by atoms with Crippen LogP contribution in [-0.2, 0) is 4.74 Å². The SMILES string of the molecule is CCOCCCCNCCN(CC)c1ccc(C)cc1. The maximum atomic E-state index is 5.33. The molecule has 0 aliphatic carbocycles. The third-order valence-corrected chi connectivity index (χ3v) is 3.44. The molecule has 0 bridgehead atoms. The minimum Gasteiger partial charge on any atom is -0.382 e. The molecule has 1 aromatic rings. The molecule has 0 unspecified atom stereocenters. The van der Waals surface area contributed by atoms with Crippen molar-refractivity contribution in [2.24, 2.45) is 0 Å². The number of anilines is 1. The van der Waals surface area contributed by atoms with Gasteiger partial charge in [0.15, 0.2) is 0 Å². The second kappa shape index (κ2) is 10.7. The van der Waals surface area contributed by atoms with Crippen molar-refractivity contribution in [1.82, 2.24) is 5.32 Å². The second-order valence-corrected chi connectivity index (χ2v) is 5.07. The lowest BCUT2D eigenvalue weighted by Gasteiger charge is -2.23. The summed E-state index contributed by atoms with van der Waals surface area (Å²) in [6, 6.07) is 8.78. The molecule has 0 aliphatic heterocycles. The van der Waals surface area contributed by atoms with Crippen LogP contribution >= 0.6 is 0 Å². The Balaban J connectivity index is 2.14. The monoisotopic (exact) mass is 278 g/mol. The Bertz CT molecular complexity index is 337. The van der Waals surface area contributed by atoms with Gasteiger partial charge in [-0.05, 0) is 52.3 Å². The molecule has 0 aromatic heterocycles. The topological polar surface area (TPSA) is 24.5 Å². The summed E-state index contributed by atoms with van der Waals surface area (Å²) < 4.78 is 5.33. The average Bonchev–Trinajstić information content (AvgIpc) is 2.47.